The summed E-state index contributed by atoms with van der Waals surface area (Å²) < 4.78 is 29.5. The highest BCUT2D eigenvalue weighted by atomic mass is 32.2. The van der Waals surface area contributed by atoms with Crippen molar-refractivity contribution in [3.8, 4) is 5.75 Å². The average Bonchev–Trinajstić information content (AvgIpc) is 2.91. The maximum atomic E-state index is 12.2. The lowest BCUT2D eigenvalue weighted by atomic mass is 10.2. The molecule has 0 aromatic heterocycles. The summed E-state index contributed by atoms with van der Waals surface area (Å²) in [5.41, 5.74) is 5.58. The van der Waals surface area contributed by atoms with Gasteiger partial charge in [-0.05, 0) is 47.7 Å². The monoisotopic (exact) mass is 418 g/mol. The molecule has 3 amide bonds. The van der Waals surface area contributed by atoms with Gasteiger partial charge in [0.2, 0.25) is 5.91 Å². The number of primary amides is 1. The molecular weight excluding hydrogens is 404 g/mol. The molecule has 2 aromatic rings. The molecule has 0 unspecified atom stereocenters. The van der Waals surface area contributed by atoms with Crippen LogP contribution in [0, 0.1) is 0 Å². The Hall–Kier alpha value is -3.11. The zero-order chi connectivity index (χ0) is 20.3. The molecule has 1 heterocycles. The van der Waals surface area contributed by atoms with E-state index in [1.807, 2.05) is 0 Å². The fourth-order valence-corrected chi connectivity index (χ4v) is 4.11. The Morgan fingerprint density at radius 2 is 1.71 bits per heavy atom. The molecule has 1 saturated heterocycles. The van der Waals surface area contributed by atoms with Crippen LogP contribution in [-0.4, -0.2) is 36.9 Å². The molecule has 0 aliphatic carbocycles. The van der Waals surface area contributed by atoms with Crippen LogP contribution < -0.4 is 9.92 Å². The van der Waals surface area contributed by atoms with E-state index >= 15 is 0 Å². The van der Waals surface area contributed by atoms with Crippen LogP contribution in [0.2, 0.25) is 0 Å². The van der Waals surface area contributed by atoms with E-state index in [1.165, 1.54) is 42.5 Å². The van der Waals surface area contributed by atoms with E-state index in [9.17, 15) is 22.8 Å². The third kappa shape index (κ3) is 4.41. The van der Waals surface area contributed by atoms with Crippen molar-refractivity contribution in [2.75, 3.05) is 6.54 Å². The number of hydrogen-bond donors (Lipinski definition) is 1. The second kappa shape index (κ2) is 7.87. The van der Waals surface area contributed by atoms with Crippen LogP contribution in [0.3, 0.4) is 0 Å². The minimum atomic E-state index is -3.95. The van der Waals surface area contributed by atoms with Crippen molar-refractivity contribution in [3.63, 3.8) is 0 Å². The molecule has 0 atom stereocenters. The van der Waals surface area contributed by atoms with E-state index in [2.05, 4.69) is 0 Å². The molecule has 144 valence electrons. The van der Waals surface area contributed by atoms with E-state index < -0.39 is 33.7 Å². The minimum absolute atomic E-state index is 0.0298. The van der Waals surface area contributed by atoms with Crippen LogP contribution in [0.4, 0.5) is 4.79 Å². The van der Waals surface area contributed by atoms with Crippen LogP contribution in [0.1, 0.15) is 5.56 Å². The van der Waals surface area contributed by atoms with Crippen molar-refractivity contribution in [2.45, 2.75) is 4.90 Å². The number of thioether (sulfide) groups is 1. The van der Waals surface area contributed by atoms with Gasteiger partial charge < -0.3 is 9.92 Å². The van der Waals surface area contributed by atoms with Crippen molar-refractivity contribution >= 4 is 45.0 Å². The first-order valence-electron chi connectivity index (χ1n) is 7.89. The number of carbonyl (C=O) groups excluding carboxylic acids is 3. The number of rotatable bonds is 6. The Labute approximate surface area is 165 Å². The first kappa shape index (κ1) is 19.6. The average molecular weight is 418 g/mol. The number of nitrogens with zero attached hydrogens (tertiary/aromatic N) is 1. The molecule has 0 saturated carbocycles. The number of benzene rings is 2. The summed E-state index contributed by atoms with van der Waals surface area (Å²) in [4.78, 5) is 35.9. The lowest BCUT2D eigenvalue weighted by Gasteiger charge is -2.08. The van der Waals surface area contributed by atoms with E-state index in [0.29, 0.717) is 17.3 Å². The molecule has 3 rings (SSSR count). The van der Waals surface area contributed by atoms with Crippen molar-refractivity contribution in [1.82, 2.24) is 4.90 Å². The van der Waals surface area contributed by atoms with Crippen LogP contribution in [0.25, 0.3) is 6.08 Å². The second-order valence-electron chi connectivity index (χ2n) is 5.65. The van der Waals surface area contributed by atoms with E-state index in [0.717, 1.165) is 4.90 Å². The summed E-state index contributed by atoms with van der Waals surface area (Å²) >= 11 is 0.694. The van der Waals surface area contributed by atoms with Crippen molar-refractivity contribution in [2.24, 2.45) is 5.73 Å². The molecule has 8 nitrogen and oxygen atoms in total. The van der Waals surface area contributed by atoms with Crippen LogP contribution in [0.15, 0.2) is 64.4 Å². The quantitative estimate of drug-likeness (QED) is 0.562. The molecule has 0 spiro atoms. The maximum Gasteiger partial charge on any atom is 0.339 e. The highest BCUT2D eigenvalue weighted by Crippen LogP contribution is 2.32. The molecule has 2 N–H and O–H groups in total. The van der Waals surface area contributed by atoms with Gasteiger partial charge in [0.15, 0.2) is 0 Å². The van der Waals surface area contributed by atoms with Gasteiger partial charge in [0.05, 0.1) is 4.91 Å². The Balaban J connectivity index is 1.75. The molecule has 0 bridgehead atoms. The summed E-state index contributed by atoms with van der Waals surface area (Å²) in [5, 5.41) is -0.580. The highest BCUT2D eigenvalue weighted by Gasteiger charge is 2.35. The highest BCUT2D eigenvalue weighted by molar-refractivity contribution is 8.18. The minimum Gasteiger partial charge on any atom is -0.379 e. The normalized spacial score (nSPS) is 15.9. The molecule has 1 fully saturated rings. The van der Waals surface area contributed by atoms with Crippen molar-refractivity contribution < 1.29 is 27.0 Å². The summed E-state index contributed by atoms with van der Waals surface area (Å²) in [6, 6.07) is 13.7. The molecule has 2 aromatic carbocycles. The molecule has 0 radical (unpaired) electrons. The summed E-state index contributed by atoms with van der Waals surface area (Å²) in [7, 11) is -3.95. The zero-order valence-corrected chi connectivity index (χ0v) is 15.9. The number of carbonyl (C=O) groups is 3. The smallest absolute Gasteiger partial charge is 0.339 e. The number of imide groups is 1. The fraction of sp³-hybridized carbons (Fsp3) is 0.0556. The van der Waals surface area contributed by atoms with Crippen molar-refractivity contribution in [3.05, 3.63) is 65.1 Å². The van der Waals surface area contributed by atoms with Gasteiger partial charge in [0, 0.05) is 0 Å². The van der Waals surface area contributed by atoms with Gasteiger partial charge in [-0.15, -0.1) is 0 Å². The predicted molar refractivity (Wildman–Crippen MR) is 103 cm³/mol. The Kier molecular flexibility index (Phi) is 5.52. The fourth-order valence-electron chi connectivity index (χ4n) is 2.33. The largest absolute Gasteiger partial charge is 0.379 e. The molecular formula is C18H14N2O6S2. The first-order chi connectivity index (χ1) is 13.3. The summed E-state index contributed by atoms with van der Waals surface area (Å²) in [6.45, 7) is -0.480. The Morgan fingerprint density at radius 1 is 1.07 bits per heavy atom. The van der Waals surface area contributed by atoms with E-state index in [4.69, 9.17) is 9.92 Å². The number of hydrogen-bond acceptors (Lipinski definition) is 7. The van der Waals surface area contributed by atoms with Gasteiger partial charge in [-0.25, -0.2) is 0 Å². The van der Waals surface area contributed by atoms with Crippen LogP contribution in [-0.2, 0) is 19.7 Å². The number of amides is 3. The lowest BCUT2D eigenvalue weighted by molar-refractivity contribution is -0.127. The number of nitrogens with two attached hydrogens (primary N) is 1. The van der Waals surface area contributed by atoms with E-state index in [-0.39, 0.29) is 15.6 Å². The molecule has 1 aliphatic heterocycles. The lowest BCUT2D eigenvalue weighted by Crippen LogP contribution is -2.36. The topological polar surface area (TPSA) is 124 Å². The predicted octanol–water partition coefficient (Wildman–Crippen LogP) is 1.98. The van der Waals surface area contributed by atoms with Gasteiger partial charge >= 0.3 is 10.1 Å². The maximum absolute atomic E-state index is 12.2. The summed E-state index contributed by atoms with van der Waals surface area (Å²) in [5.74, 6) is -1.30. The molecule has 28 heavy (non-hydrogen) atoms. The molecule has 1 aliphatic rings. The van der Waals surface area contributed by atoms with Gasteiger partial charge in [-0.2, -0.15) is 8.42 Å². The zero-order valence-electron chi connectivity index (χ0n) is 14.3. The third-order valence-corrected chi connectivity index (χ3v) is 5.77. The van der Waals surface area contributed by atoms with Gasteiger partial charge in [0.1, 0.15) is 17.2 Å². The van der Waals surface area contributed by atoms with E-state index in [1.54, 1.807) is 18.2 Å². The third-order valence-electron chi connectivity index (χ3n) is 3.60. The molecule has 10 heteroatoms. The SMILES string of the molecule is NC(=O)CN1C(=O)S/C(=C\c2ccc(OS(=O)(=O)c3ccccc3)cc2)C1=O. The van der Waals surface area contributed by atoms with Gasteiger partial charge in [-0.3, -0.25) is 19.3 Å². The Bertz CT molecular complexity index is 1060. The second-order valence-corrected chi connectivity index (χ2v) is 8.19. The van der Waals surface area contributed by atoms with Gasteiger partial charge in [-0.1, -0.05) is 30.3 Å². The standard InChI is InChI=1S/C18H14N2O6S2/c19-16(21)11-20-17(22)15(27-18(20)23)10-12-6-8-13(9-7-12)26-28(24,25)14-4-2-1-3-5-14/h1-10H,11H2,(H2,19,21)/b15-10-. The summed E-state index contributed by atoms with van der Waals surface area (Å²) in [6.07, 6.45) is 1.46. The van der Waals surface area contributed by atoms with Crippen LogP contribution >= 0.6 is 11.8 Å². The Morgan fingerprint density at radius 3 is 2.32 bits per heavy atom. The van der Waals surface area contributed by atoms with Crippen LogP contribution in [0.5, 0.6) is 5.75 Å². The van der Waals surface area contributed by atoms with Gasteiger partial charge in [0.25, 0.3) is 11.1 Å². The van der Waals surface area contributed by atoms with Crippen molar-refractivity contribution in [1.29, 1.82) is 0 Å². The first-order valence-corrected chi connectivity index (χ1v) is 10.1.